The topological polar surface area (TPSA) is 123 Å². The fourth-order valence-corrected chi connectivity index (χ4v) is 5.54. The number of imide groups is 2. The van der Waals surface area contributed by atoms with E-state index < -0.39 is 23.8 Å². The number of fused-ring (bicyclic) bond motifs is 1. The summed E-state index contributed by atoms with van der Waals surface area (Å²) in [5, 5.41) is 11.0. The van der Waals surface area contributed by atoms with E-state index in [1.165, 1.54) is 0 Å². The summed E-state index contributed by atoms with van der Waals surface area (Å²) < 4.78 is 5.33. The number of likely N-dealkylation sites (tertiary alicyclic amines) is 1. The molecule has 1 aromatic carbocycles. The first-order chi connectivity index (χ1) is 17.4. The van der Waals surface area contributed by atoms with Gasteiger partial charge < -0.3 is 19.6 Å². The highest BCUT2D eigenvalue weighted by Crippen LogP contribution is 2.31. The molecule has 0 radical (unpaired) electrons. The first-order valence-electron chi connectivity index (χ1n) is 12.7. The standard InChI is InChI=1S/C25H33N5O6/c31-10-12-36-11-9-28-15-17(16-28)14-27-5-7-29(8-6-27)18-1-2-19-20(13-18)25(35)30(24(19)34)21-3-4-22(32)26-23(21)33/h1-2,13,17,21,31H,3-12,14-16H2,(H,26,32,33)/t21-/m0/s1. The van der Waals surface area contributed by atoms with Crippen LogP contribution in [-0.4, -0.2) is 122 Å². The number of hydrogen-bond acceptors (Lipinski definition) is 9. The minimum Gasteiger partial charge on any atom is -0.394 e. The lowest BCUT2D eigenvalue weighted by molar-refractivity contribution is -0.136. The highest BCUT2D eigenvalue weighted by molar-refractivity contribution is 6.23. The minimum absolute atomic E-state index is 0.0648. The Hall–Kier alpha value is -2.86. The summed E-state index contributed by atoms with van der Waals surface area (Å²) in [6.07, 6.45) is 0.262. The van der Waals surface area contributed by atoms with Gasteiger partial charge in [-0.3, -0.25) is 34.3 Å². The molecule has 11 heteroatoms. The SMILES string of the molecule is O=C1CC[C@H](N2C(=O)c3ccc(N4CCN(CC5CN(CCOCCO)C5)CC4)cc3C2=O)C(=O)N1. The number of rotatable bonds is 9. The molecule has 4 heterocycles. The van der Waals surface area contributed by atoms with Gasteiger partial charge in [0.15, 0.2) is 0 Å². The zero-order valence-electron chi connectivity index (χ0n) is 20.4. The molecule has 0 saturated carbocycles. The van der Waals surface area contributed by atoms with Crippen LogP contribution in [0.5, 0.6) is 0 Å². The number of hydrogen-bond donors (Lipinski definition) is 2. The number of nitrogens with zero attached hydrogens (tertiary/aromatic N) is 4. The Labute approximate surface area is 209 Å². The van der Waals surface area contributed by atoms with Crippen LogP contribution in [-0.2, 0) is 14.3 Å². The molecular formula is C25H33N5O6. The molecule has 194 valence electrons. The van der Waals surface area contributed by atoms with Crippen LogP contribution < -0.4 is 10.2 Å². The third kappa shape index (κ3) is 5.01. The smallest absolute Gasteiger partial charge is 0.262 e. The lowest BCUT2D eigenvalue weighted by Gasteiger charge is -2.44. The van der Waals surface area contributed by atoms with E-state index in [1.54, 1.807) is 12.1 Å². The summed E-state index contributed by atoms with van der Waals surface area (Å²) >= 11 is 0. The van der Waals surface area contributed by atoms with E-state index in [0.29, 0.717) is 30.3 Å². The van der Waals surface area contributed by atoms with E-state index >= 15 is 0 Å². The lowest BCUT2D eigenvalue weighted by Crippen LogP contribution is -2.55. The molecular weight excluding hydrogens is 466 g/mol. The second kappa shape index (κ2) is 10.6. The molecule has 3 fully saturated rings. The first-order valence-corrected chi connectivity index (χ1v) is 12.7. The normalized spacial score (nSPS) is 23.8. The number of benzene rings is 1. The Balaban J connectivity index is 1.12. The monoisotopic (exact) mass is 499 g/mol. The molecule has 0 bridgehead atoms. The van der Waals surface area contributed by atoms with Crippen LogP contribution in [0.15, 0.2) is 18.2 Å². The maximum absolute atomic E-state index is 13.1. The molecule has 0 unspecified atom stereocenters. The van der Waals surface area contributed by atoms with Crippen molar-refractivity contribution in [3.8, 4) is 0 Å². The van der Waals surface area contributed by atoms with Gasteiger partial charge in [0, 0.05) is 64.5 Å². The summed E-state index contributed by atoms with van der Waals surface area (Å²) in [6, 6.07) is 4.37. The molecule has 0 spiro atoms. The van der Waals surface area contributed by atoms with Gasteiger partial charge in [0.05, 0.1) is 30.9 Å². The summed E-state index contributed by atoms with van der Waals surface area (Å²) in [4.78, 5) is 57.8. The highest BCUT2D eigenvalue weighted by atomic mass is 16.5. The predicted octanol–water partition coefficient (Wildman–Crippen LogP) is -0.849. The summed E-state index contributed by atoms with van der Waals surface area (Å²) in [5.41, 5.74) is 1.53. The van der Waals surface area contributed by atoms with Gasteiger partial charge in [-0.05, 0) is 30.5 Å². The van der Waals surface area contributed by atoms with Crippen molar-refractivity contribution in [2.75, 3.05) is 77.1 Å². The van der Waals surface area contributed by atoms with Crippen molar-refractivity contribution in [1.29, 1.82) is 0 Å². The molecule has 5 rings (SSSR count). The third-order valence-electron chi connectivity index (χ3n) is 7.50. The van der Waals surface area contributed by atoms with Gasteiger partial charge in [-0.15, -0.1) is 0 Å². The van der Waals surface area contributed by atoms with Crippen molar-refractivity contribution in [2.45, 2.75) is 18.9 Å². The molecule has 1 aromatic rings. The molecule has 0 aliphatic carbocycles. The number of aliphatic hydroxyl groups excluding tert-OH is 1. The number of anilines is 1. The number of nitrogens with one attached hydrogen (secondary N) is 1. The summed E-state index contributed by atoms with van der Waals surface area (Å²) in [5.74, 6) is -1.26. The zero-order valence-corrected chi connectivity index (χ0v) is 20.4. The Kier molecular flexibility index (Phi) is 7.33. The van der Waals surface area contributed by atoms with Crippen molar-refractivity contribution in [3.63, 3.8) is 0 Å². The minimum atomic E-state index is -0.947. The zero-order chi connectivity index (χ0) is 25.2. The van der Waals surface area contributed by atoms with Crippen LogP contribution in [0.4, 0.5) is 5.69 Å². The average Bonchev–Trinajstić information content (AvgIpc) is 3.10. The fraction of sp³-hybridized carbons (Fsp3) is 0.600. The first kappa shape index (κ1) is 24.8. The van der Waals surface area contributed by atoms with Gasteiger partial charge in [0.25, 0.3) is 11.8 Å². The van der Waals surface area contributed by atoms with Gasteiger partial charge in [-0.1, -0.05) is 0 Å². The van der Waals surface area contributed by atoms with Gasteiger partial charge in [-0.2, -0.15) is 0 Å². The second-order valence-electron chi connectivity index (χ2n) is 9.93. The molecule has 11 nitrogen and oxygen atoms in total. The Morgan fingerprint density at radius 1 is 0.944 bits per heavy atom. The molecule has 0 aromatic heterocycles. The quantitative estimate of drug-likeness (QED) is 0.330. The molecule has 4 amide bonds. The largest absolute Gasteiger partial charge is 0.394 e. The van der Waals surface area contributed by atoms with E-state index in [-0.39, 0.29) is 25.4 Å². The molecule has 4 aliphatic heterocycles. The molecule has 2 N–H and O–H groups in total. The van der Waals surface area contributed by atoms with Crippen molar-refractivity contribution >= 4 is 29.3 Å². The maximum Gasteiger partial charge on any atom is 0.262 e. The van der Waals surface area contributed by atoms with Crippen molar-refractivity contribution in [1.82, 2.24) is 20.0 Å². The van der Waals surface area contributed by atoms with Gasteiger partial charge >= 0.3 is 0 Å². The van der Waals surface area contributed by atoms with Crippen LogP contribution in [0, 0.1) is 5.92 Å². The van der Waals surface area contributed by atoms with Crippen molar-refractivity contribution in [3.05, 3.63) is 29.3 Å². The molecule has 3 saturated heterocycles. The molecule has 36 heavy (non-hydrogen) atoms. The fourth-order valence-electron chi connectivity index (χ4n) is 5.54. The Morgan fingerprint density at radius 3 is 2.42 bits per heavy atom. The highest BCUT2D eigenvalue weighted by Gasteiger charge is 2.44. The van der Waals surface area contributed by atoms with E-state index in [9.17, 15) is 19.2 Å². The number of piperazine rings is 1. The number of aliphatic hydroxyl groups is 1. The number of amides is 4. The molecule has 4 aliphatic rings. The Morgan fingerprint density at radius 2 is 1.69 bits per heavy atom. The van der Waals surface area contributed by atoms with Crippen molar-refractivity contribution in [2.24, 2.45) is 5.92 Å². The van der Waals surface area contributed by atoms with Crippen LogP contribution >= 0.6 is 0 Å². The van der Waals surface area contributed by atoms with Gasteiger partial charge in [-0.25, -0.2) is 0 Å². The lowest BCUT2D eigenvalue weighted by atomic mass is 9.99. The van der Waals surface area contributed by atoms with E-state index in [1.807, 2.05) is 6.07 Å². The Bertz CT molecular complexity index is 1030. The van der Waals surface area contributed by atoms with E-state index in [4.69, 9.17) is 9.84 Å². The van der Waals surface area contributed by atoms with E-state index in [2.05, 4.69) is 20.0 Å². The van der Waals surface area contributed by atoms with Gasteiger partial charge in [0.1, 0.15) is 6.04 Å². The van der Waals surface area contributed by atoms with Crippen LogP contribution in [0.1, 0.15) is 33.6 Å². The van der Waals surface area contributed by atoms with Gasteiger partial charge in [0.2, 0.25) is 11.8 Å². The maximum atomic E-state index is 13.1. The molecule has 1 atom stereocenters. The number of carbonyl (C=O) groups is 4. The second-order valence-corrected chi connectivity index (χ2v) is 9.93. The summed E-state index contributed by atoms with van der Waals surface area (Å²) in [7, 11) is 0. The summed E-state index contributed by atoms with van der Waals surface area (Å²) in [6.45, 7) is 8.79. The number of carbonyl (C=O) groups excluding carboxylic acids is 4. The predicted molar refractivity (Wildman–Crippen MR) is 130 cm³/mol. The third-order valence-corrected chi connectivity index (χ3v) is 7.50. The number of ether oxygens (including phenoxy) is 1. The van der Waals surface area contributed by atoms with Crippen molar-refractivity contribution < 1.29 is 29.0 Å². The van der Waals surface area contributed by atoms with E-state index in [0.717, 1.165) is 62.9 Å². The van der Waals surface area contributed by atoms with Crippen LogP contribution in [0.25, 0.3) is 0 Å². The number of piperidine rings is 1. The van der Waals surface area contributed by atoms with Crippen LogP contribution in [0.3, 0.4) is 0 Å². The van der Waals surface area contributed by atoms with Crippen LogP contribution in [0.2, 0.25) is 0 Å². The average molecular weight is 500 g/mol.